The molecule has 1 aromatic carbocycles. The van der Waals surface area contributed by atoms with Crippen LogP contribution in [0.3, 0.4) is 0 Å². The van der Waals surface area contributed by atoms with Gasteiger partial charge in [0.1, 0.15) is 0 Å². The fourth-order valence-electron chi connectivity index (χ4n) is 0.838. The van der Waals surface area contributed by atoms with Crippen LogP contribution in [0.4, 0.5) is 0 Å². The lowest BCUT2D eigenvalue weighted by Crippen LogP contribution is -2.06. The predicted octanol–water partition coefficient (Wildman–Crippen LogP) is 2.10. The monoisotopic (exact) mass is 264 g/mol. The molecule has 0 bridgehead atoms. The van der Waals surface area contributed by atoms with Gasteiger partial charge in [0.25, 0.3) is 0 Å². The van der Waals surface area contributed by atoms with E-state index in [1.165, 1.54) is 0 Å². The summed E-state index contributed by atoms with van der Waals surface area (Å²) in [5.41, 5.74) is 0.946. The van der Waals surface area contributed by atoms with Gasteiger partial charge in [-0.05, 0) is 40.5 Å². The summed E-state index contributed by atoms with van der Waals surface area (Å²) in [5, 5.41) is 0. The molecule has 0 radical (unpaired) electrons. The zero-order chi connectivity index (χ0) is 10.1. The van der Waals surface area contributed by atoms with Crippen molar-refractivity contribution in [1.82, 2.24) is 0 Å². The second-order valence-electron chi connectivity index (χ2n) is 2.72. The fraction of sp³-hybridized carbons (Fsp3) is 0.250. The van der Waals surface area contributed by atoms with Crippen LogP contribution in [-0.2, 0) is 10.1 Å². The van der Waals surface area contributed by atoms with Crippen LogP contribution in [0, 0.1) is 6.92 Å². The first-order valence-electron chi connectivity index (χ1n) is 3.54. The number of halogens is 1. The molecule has 0 aliphatic heterocycles. The molecule has 3 nitrogen and oxygen atoms in total. The van der Waals surface area contributed by atoms with Gasteiger partial charge in [0.05, 0.1) is 10.7 Å². The number of rotatable bonds is 2. The first-order valence-corrected chi connectivity index (χ1v) is 6.15. The van der Waals surface area contributed by atoms with Crippen LogP contribution in [0.2, 0.25) is 0 Å². The standard InChI is InChI=1S/C8H9BrO3S/c1-6-3-4-7(9)8(5-6)12-13(2,10)11/h3-5H,1-2H3. The molecule has 0 fully saturated rings. The van der Waals surface area contributed by atoms with Gasteiger partial charge < -0.3 is 4.18 Å². The van der Waals surface area contributed by atoms with E-state index in [0.29, 0.717) is 10.2 Å². The van der Waals surface area contributed by atoms with Crippen molar-refractivity contribution in [3.63, 3.8) is 0 Å². The maximum atomic E-state index is 10.8. The van der Waals surface area contributed by atoms with E-state index < -0.39 is 10.1 Å². The maximum Gasteiger partial charge on any atom is 0.306 e. The normalized spacial score (nSPS) is 11.3. The second kappa shape index (κ2) is 3.67. The molecule has 0 aliphatic carbocycles. The Labute approximate surface area is 86.0 Å². The summed E-state index contributed by atoms with van der Waals surface area (Å²) < 4.78 is 27.0. The highest BCUT2D eigenvalue weighted by Crippen LogP contribution is 2.26. The Morgan fingerprint density at radius 3 is 2.54 bits per heavy atom. The molecule has 0 heterocycles. The van der Waals surface area contributed by atoms with Gasteiger partial charge in [0.15, 0.2) is 5.75 Å². The van der Waals surface area contributed by atoms with Crippen LogP contribution < -0.4 is 4.18 Å². The number of aryl methyl sites for hydroxylation is 1. The molecule has 0 atom stereocenters. The largest absolute Gasteiger partial charge is 0.381 e. The van der Waals surface area contributed by atoms with Crippen molar-refractivity contribution in [1.29, 1.82) is 0 Å². The van der Waals surface area contributed by atoms with Crippen LogP contribution in [0.25, 0.3) is 0 Å². The summed E-state index contributed by atoms with van der Waals surface area (Å²) in [5.74, 6) is 0.322. The van der Waals surface area contributed by atoms with E-state index in [9.17, 15) is 8.42 Å². The Morgan fingerprint density at radius 2 is 2.00 bits per heavy atom. The summed E-state index contributed by atoms with van der Waals surface area (Å²) >= 11 is 3.19. The Balaban J connectivity index is 3.08. The minimum Gasteiger partial charge on any atom is -0.381 e. The third-order valence-electron chi connectivity index (χ3n) is 1.33. The van der Waals surface area contributed by atoms with Crippen LogP contribution in [0.1, 0.15) is 5.56 Å². The first-order chi connectivity index (χ1) is 5.88. The van der Waals surface area contributed by atoms with Gasteiger partial charge in [-0.2, -0.15) is 8.42 Å². The van der Waals surface area contributed by atoms with Crippen LogP contribution in [0.5, 0.6) is 5.75 Å². The summed E-state index contributed by atoms with van der Waals surface area (Å²) in [7, 11) is -3.45. The lowest BCUT2D eigenvalue weighted by molar-refractivity contribution is 0.491. The zero-order valence-electron chi connectivity index (χ0n) is 7.24. The van der Waals surface area contributed by atoms with Gasteiger partial charge in [0.2, 0.25) is 0 Å². The van der Waals surface area contributed by atoms with E-state index in [0.717, 1.165) is 11.8 Å². The van der Waals surface area contributed by atoms with Crippen molar-refractivity contribution in [2.24, 2.45) is 0 Å². The Morgan fingerprint density at radius 1 is 1.38 bits per heavy atom. The third kappa shape index (κ3) is 3.36. The molecule has 1 rings (SSSR count). The molecule has 1 aromatic rings. The van der Waals surface area contributed by atoms with E-state index in [1.54, 1.807) is 12.1 Å². The minimum atomic E-state index is -3.45. The van der Waals surface area contributed by atoms with E-state index in [4.69, 9.17) is 4.18 Å². The Hall–Kier alpha value is -0.550. The summed E-state index contributed by atoms with van der Waals surface area (Å²) in [6.07, 6.45) is 1.02. The van der Waals surface area contributed by atoms with E-state index in [2.05, 4.69) is 15.9 Å². The molecule has 0 unspecified atom stereocenters. The average Bonchev–Trinajstić information content (AvgIpc) is 1.94. The van der Waals surface area contributed by atoms with Crippen molar-refractivity contribution in [3.8, 4) is 5.75 Å². The quantitative estimate of drug-likeness (QED) is 0.769. The van der Waals surface area contributed by atoms with Gasteiger partial charge in [-0.25, -0.2) is 0 Å². The Kier molecular flexibility index (Phi) is 2.98. The Bertz CT molecular complexity index is 411. The zero-order valence-corrected chi connectivity index (χ0v) is 9.65. The molecular formula is C8H9BrO3S. The molecule has 0 aromatic heterocycles. The molecule has 0 N–H and O–H groups in total. The molecular weight excluding hydrogens is 256 g/mol. The lowest BCUT2D eigenvalue weighted by atomic mass is 10.2. The minimum absolute atomic E-state index is 0.322. The van der Waals surface area contributed by atoms with E-state index in [1.807, 2.05) is 13.0 Å². The average molecular weight is 265 g/mol. The van der Waals surface area contributed by atoms with Gasteiger partial charge in [0, 0.05) is 0 Å². The molecule has 0 amide bonds. The topological polar surface area (TPSA) is 43.4 Å². The summed E-state index contributed by atoms with van der Waals surface area (Å²) in [6.45, 7) is 1.86. The highest BCUT2D eigenvalue weighted by Gasteiger charge is 2.07. The molecule has 0 saturated heterocycles. The summed E-state index contributed by atoms with van der Waals surface area (Å²) in [6, 6.07) is 5.26. The summed E-state index contributed by atoms with van der Waals surface area (Å²) in [4.78, 5) is 0. The van der Waals surface area contributed by atoms with Gasteiger partial charge in [-0.3, -0.25) is 0 Å². The number of benzene rings is 1. The SMILES string of the molecule is Cc1ccc(Br)c(OS(C)(=O)=O)c1. The van der Waals surface area contributed by atoms with E-state index in [-0.39, 0.29) is 0 Å². The van der Waals surface area contributed by atoms with Crippen molar-refractivity contribution >= 4 is 26.0 Å². The van der Waals surface area contributed by atoms with Crippen molar-refractivity contribution in [3.05, 3.63) is 28.2 Å². The molecule has 0 saturated carbocycles. The lowest BCUT2D eigenvalue weighted by Gasteiger charge is -2.05. The van der Waals surface area contributed by atoms with Gasteiger partial charge in [-0.15, -0.1) is 0 Å². The first kappa shape index (κ1) is 10.5. The highest BCUT2D eigenvalue weighted by molar-refractivity contribution is 9.10. The van der Waals surface area contributed by atoms with Gasteiger partial charge >= 0.3 is 10.1 Å². The second-order valence-corrected chi connectivity index (χ2v) is 5.15. The molecule has 0 spiro atoms. The molecule has 0 aliphatic rings. The number of hydrogen-bond donors (Lipinski definition) is 0. The fourth-order valence-corrected chi connectivity index (χ4v) is 1.74. The number of hydrogen-bond acceptors (Lipinski definition) is 3. The van der Waals surface area contributed by atoms with Gasteiger partial charge in [-0.1, -0.05) is 6.07 Å². The van der Waals surface area contributed by atoms with Crippen molar-refractivity contribution in [2.45, 2.75) is 6.92 Å². The van der Waals surface area contributed by atoms with E-state index >= 15 is 0 Å². The maximum absolute atomic E-state index is 10.8. The molecule has 5 heteroatoms. The van der Waals surface area contributed by atoms with Crippen molar-refractivity contribution in [2.75, 3.05) is 6.26 Å². The highest BCUT2D eigenvalue weighted by atomic mass is 79.9. The predicted molar refractivity (Wildman–Crippen MR) is 54.4 cm³/mol. The molecule has 72 valence electrons. The van der Waals surface area contributed by atoms with Crippen LogP contribution >= 0.6 is 15.9 Å². The van der Waals surface area contributed by atoms with Crippen LogP contribution in [-0.4, -0.2) is 14.7 Å². The molecule has 13 heavy (non-hydrogen) atoms. The van der Waals surface area contributed by atoms with Crippen LogP contribution in [0.15, 0.2) is 22.7 Å². The van der Waals surface area contributed by atoms with Crippen molar-refractivity contribution < 1.29 is 12.6 Å². The third-order valence-corrected chi connectivity index (χ3v) is 2.47. The smallest absolute Gasteiger partial charge is 0.306 e.